The molecule has 4 heterocycles. The lowest BCUT2D eigenvalue weighted by Crippen LogP contribution is -2.34. The molecule has 1 fully saturated rings. The maximum atomic E-state index is 13.4. The number of amides is 1. The molecule has 0 radical (unpaired) electrons. The number of carbonyl (C=O) groups excluding carboxylic acids is 1. The van der Waals surface area contributed by atoms with Gasteiger partial charge < -0.3 is 9.47 Å². The Morgan fingerprint density at radius 1 is 1.11 bits per heavy atom. The molecule has 5 rings (SSSR count). The molecule has 6 nitrogen and oxygen atoms in total. The van der Waals surface area contributed by atoms with Crippen LogP contribution in [0.3, 0.4) is 0 Å². The largest absolute Gasteiger partial charge is 0.342 e. The van der Waals surface area contributed by atoms with Gasteiger partial charge in [-0.25, -0.2) is 9.97 Å². The number of fused-ring (bicyclic) bond motifs is 3. The van der Waals surface area contributed by atoms with Crippen LogP contribution in [0, 0.1) is 0 Å². The molecule has 27 heavy (non-hydrogen) atoms. The van der Waals surface area contributed by atoms with Crippen molar-refractivity contribution in [3.63, 3.8) is 0 Å². The predicted octanol–water partition coefficient (Wildman–Crippen LogP) is 3.54. The van der Waals surface area contributed by atoms with Crippen LogP contribution in [-0.4, -0.2) is 42.5 Å². The molecule has 0 saturated carbocycles. The van der Waals surface area contributed by atoms with Crippen molar-refractivity contribution in [1.82, 2.24) is 24.0 Å². The highest BCUT2D eigenvalue weighted by Gasteiger charge is 2.30. The molecule has 0 spiro atoms. The van der Waals surface area contributed by atoms with Gasteiger partial charge in [0.25, 0.3) is 5.91 Å². The first-order valence-corrected chi connectivity index (χ1v) is 9.34. The molecule has 1 atom stereocenters. The van der Waals surface area contributed by atoms with Gasteiger partial charge in [0, 0.05) is 37.4 Å². The Balaban J connectivity index is 1.83. The van der Waals surface area contributed by atoms with Gasteiger partial charge in [0.05, 0.1) is 16.6 Å². The van der Waals surface area contributed by atoms with Crippen molar-refractivity contribution in [2.75, 3.05) is 6.54 Å². The van der Waals surface area contributed by atoms with Crippen LogP contribution in [-0.2, 0) is 7.05 Å². The Kier molecular flexibility index (Phi) is 3.53. The molecule has 1 amide bonds. The SMILES string of the molecule is CC1CCCN1C(=O)c1cc2c(c3ccccc3n2C)n1-c1ncccn1. The maximum absolute atomic E-state index is 13.4. The van der Waals surface area contributed by atoms with Gasteiger partial charge in [0.15, 0.2) is 0 Å². The second-order valence-corrected chi connectivity index (χ2v) is 7.21. The molecular weight excluding hydrogens is 338 g/mol. The number of benzene rings is 1. The minimum Gasteiger partial charge on any atom is -0.342 e. The van der Waals surface area contributed by atoms with Crippen LogP contribution < -0.4 is 0 Å². The number of aromatic nitrogens is 4. The van der Waals surface area contributed by atoms with Crippen LogP contribution in [0.5, 0.6) is 0 Å². The first kappa shape index (κ1) is 16.1. The molecule has 1 aromatic carbocycles. The van der Waals surface area contributed by atoms with Crippen LogP contribution in [0.25, 0.3) is 27.9 Å². The summed E-state index contributed by atoms with van der Waals surface area (Å²) in [6.07, 6.45) is 5.53. The Hall–Kier alpha value is -3.15. The molecule has 1 saturated heterocycles. The summed E-state index contributed by atoms with van der Waals surface area (Å²) in [5.41, 5.74) is 3.75. The van der Waals surface area contributed by atoms with E-state index in [1.165, 1.54) is 0 Å². The minimum absolute atomic E-state index is 0.0488. The number of carbonyl (C=O) groups is 1. The normalized spacial score (nSPS) is 17.3. The average molecular weight is 359 g/mol. The number of hydrogen-bond acceptors (Lipinski definition) is 3. The second kappa shape index (κ2) is 5.94. The van der Waals surface area contributed by atoms with Crippen LogP contribution in [0.4, 0.5) is 0 Å². The summed E-state index contributed by atoms with van der Waals surface area (Å²) >= 11 is 0. The van der Waals surface area contributed by atoms with Crippen molar-refractivity contribution in [3.8, 4) is 5.95 Å². The molecule has 6 heteroatoms. The van der Waals surface area contributed by atoms with E-state index in [0.29, 0.717) is 11.6 Å². The lowest BCUT2D eigenvalue weighted by molar-refractivity contribution is 0.0739. The average Bonchev–Trinajstić information content (AvgIpc) is 3.37. The van der Waals surface area contributed by atoms with Crippen molar-refractivity contribution in [2.24, 2.45) is 7.05 Å². The van der Waals surface area contributed by atoms with E-state index in [9.17, 15) is 4.79 Å². The first-order chi connectivity index (χ1) is 13.2. The minimum atomic E-state index is 0.0488. The van der Waals surface area contributed by atoms with Crippen LogP contribution in [0.2, 0.25) is 0 Å². The number of likely N-dealkylation sites (tertiary alicyclic amines) is 1. The highest BCUT2D eigenvalue weighted by molar-refractivity contribution is 6.10. The summed E-state index contributed by atoms with van der Waals surface area (Å²) in [7, 11) is 2.04. The Morgan fingerprint density at radius 3 is 2.63 bits per heavy atom. The zero-order chi connectivity index (χ0) is 18.5. The van der Waals surface area contributed by atoms with E-state index in [2.05, 4.69) is 33.6 Å². The molecule has 136 valence electrons. The topological polar surface area (TPSA) is 56.0 Å². The molecule has 1 aliphatic heterocycles. The summed E-state index contributed by atoms with van der Waals surface area (Å²) in [5.74, 6) is 0.576. The number of para-hydroxylation sites is 1. The second-order valence-electron chi connectivity index (χ2n) is 7.21. The fraction of sp³-hybridized carbons (Fsp3) is 0.286. The van der Waals surface area contributed by atoms with E-state index in [1.807, 2.05) is 34.7 Å². The molecule has 3 aromatic heterocycles. The molecule has 1 aliphatic rings. The van der Waals surface area contributed by atoms with Gasteiger partial charge in [0.2, 0.25) is 5.95 Å². The first-order valence-electron chi connectivity index (χ1n) is 9.34. The monoisotopic (exact) mass is 359 g/mol. The maximum Gasteiger partial charge on any atom is 0.271 e. The van der Waals surface area contributed by atoms with E-state index < -0.39 is 0 Å². The Bertz CT molecular complexity index is 1160. The van der Waals surface area contributed by atoms with E-state index >= 15 is 0 Å². The van der Waals surface area contributed by atoms with Crippen molar-refractivity contribution in [1.29, 1.82) is 0 Å². The quantitative estimate of drug-likeness (QED) is 0.550. The Morgan fingerprint density at radius 2 is 1.89 bits per heavy atom. The summed E-state index contributed by atoms with van der Waals surface area (Å²) in [6, 6.07) is 12.3. The highest BCUT2D eigenvalue weighted by Crippen LogP contribution is 2.33. The molecule has 4 aromatic rings. The van der Waals surface area contributed by atoms with E-state index in [-0.39, 0.29) is 11.9 Å². The predicted molar refractivity (Wildman–Crippen MR) is 105 cm³/mol. The number of hydrogen-bond donors (Lipinski definition) is 0. The molecule has 1 unspecified atom stereocenters. The van der Waals surface area contributed by atoms with E-state index in [1.54, 1.807) is 18.5 Å². The third-order valence-electron chi connectivity index (χ3n) is 5.65. The van der Waals surface area contributed by atoms with Crippen LogP contribution >= 0.6 is 0 Å². The van der Waals surface area contributed by atoms with Gasteiger partial charge in [-0.1, -0.05) is 18.2 Å². The Labute approximate surface area is 157 Å². The zero-order valence-corrected chi connectivity index (χ0v) is 15.5. The number of rotatable bonds is 2. The molecule has 0 bridgehead atoms. The van der Waals surface area contributed by atoms with Gasteiger partial charge in [0.1, 0.15) is 5.69 Å². The smallest absolute Gasteiger partial charge is 0.271 e. The van der Waals surface area contributed by atoms with Crippen molar-refractivity contribution in [3.05, 3.63) is 54.5 Å². The van der Waals surface area contributed by atoms with Crippen molar-refractivity contribution < 1.29 is 4.79 Å². The van der Waals surface area contributed by atoms with Crippen LogP contribution in [0.1, 0.15) is 30.3 Å². The third kappa shape index (κ3) is 2.29. The van der Waals surface area contributed by atoms with Gasteiger partial charge in [-0.15, -0.1) is 0 Å². The summed E-state index contributed by atoms with van der Waals surface area (Å²) in [5, 5.41) is 1.09. The van der Waals surface area contributed by atoms with Gasteiger partial charge in [-0.2, -0.15) is 0 Å². The van der Waals surface area contributed by atoms with Gasteiger partial charge >= 0.3 is 0 Å². The fourth-order valence-electron chi connectivity index (χ4n) is 4.26. The van der Waals surface area contributed by atoms with Gasteiger partial charge in [-0.05, 0) is 38.0 Å². The summed E-state index contributed by atoms with van der Waals surface area (Å²) in [6.45, 7) is 2.92. The fourth-order valence-corrected chi connectivity index (χ4v) is 4.26. The van der Waals surface area contributed by atoms with Crippen LogP contribution in [0.15, 0.2) is 48.8 Å². The molecule has 0 aliphatic carbocycles. The van der Waals surface area contributed by atoms with Crippen molar-refractivity contribution in [2.45, 2.75) is 25.8 Å². The highest BCUT2D eigenvalue weighted by atomic mass is 16.2. The van der Waals surface area contributed by atoms with E-state index in [0.717, 1.165) is 41.3 Å². The molecular formula is C21H21N5O. The van der Waals surface area contributed by atoms with Gasteiger partial charge in [-0.3, -0.25) is 9.36 Å². The summed E-state index contributed by atoms with van der Waals surface area (Å²) < 4.78 is 4.05. The van der Waals surface area contributed by atoms with E-state index in [4.69, 9.17) is 0 Å². The lowest BCUT2D eigenvalue weighted by Gasteiger charge is -2.22. The standard InChI is InChI=1S/C21H21N5O/c1-14-7-5-12-25(14)20(27)18-13-17-19(26(18)21-22-10-6-11-23-21)15-8-3-4-9-16(15)24(17)2/h3-4,6,8-11,13-14H,5,7,12H2,1-2H3. The third-order valence-corrected chi connectivity index (χ3v) is 5.65. The number of aryl methyl sites for hydroxylation is 1. The van der Waals surface area contributed by atoms with Crippen molar-refractivity contribution >= 4 is 27.8 Å². The molecule has 0 N–H and O–H groups in total. The lowest BCUT2D eigenvalue weighted by atomic mass is 10.2. The summed E-state index contributed by atoms with van der Waals surface area (Å²) in [4.78, 5) is 24.3. The zero-order valence-electron chi connectivity index (χ0n) is 15.5. The number of nitrogens with zero attached hydrogens (tertiary/aromatic N) is 5.